The second kappa shape index (κ2) is 7.58. The maximum absolute atomic E-state index is 13.4. The van der Waals surface area contributed by atoms with Gasteiger partial charge in [0.1, 0.15) is 5.69 Å². The molecule has 0 spiro atoms. The third-order valence-corrected chi connectivity index (χ3v) is 3.67. The third-order valence-electron chi connectivity index (χ3n) is 3.67. The zero-order chi connectivity index (χ0) is 19.6. The van der Waals surface area contributed by atoms with Crippen LogP contribution in [0.5, 0.6) is 0 Å². The molecular formula is C18H17F2N5O2. The molecule has 0 aliphatic heterocycles. The number of carbonyl (C=O) groups is 1. The highest BCUT2D eigenvalue weighted by atomic mass is 19.2. The highest BCUT2D eigenvalue weighted by Crippen LogP contribution is 2.22. The van der Waals surface area contributed by atoms with Crippen LogP contribution in [0.25, 0.3) is 11.4 Å². The fraction of sp³-hybridized carbons (Fsp3) is 0.222. The summed E-state index contributed by atoms with van der Waals surface area (Å²) in [4.78, 5) is 19.8. The summed E-state index contributed by atoms with van der Waals surface area (Å²) < 4.78 is 27.9. The zero-order valence-corrected chi connectivity index (χ0v) is 14.6. The molecule has 0 saturated carbocycles. The van der Waals surface area contributed by atoms with E-state index in [-0.39, 0.29) is 24.0 Å². The van der Waals surface area contributed by atoms with E-state index in [1.165, 1.54) is 23.9 Å². The van der Waals surface area contributed by atoms with E-state index in [1.807, 2.05) is 0 Å². The van der Waals surface area contributed by atoms with E-state index < -0.39 is 17.7 Å². The van der Waals surface area contributed by atoms with Crippen molar-refractivity contribution >= 4 is 17.4 Å². The largest absolute Gasteiger partial charge is 0.391 e. The van der Waals surface area contributed by atoms with Gasteiger partial charge >= 0.3 is 0 Å². The third kappa shape index (κ3) is 4.32. The van der Waals surface area contributed by atoms with Gasteiger partial charge in [-0.2, -0.15) is 4.98 Å². The number of halogens is 2. The molecule has 9 heteroatoms. The normalized spacial score (nSPS) is 12.0. The number of aliphatic hydroxyl groups excluding tert-OH is 1. The van der Waals surface area contributed by atoms with E-state index in [2.05, 4.69) is 20.4 Å². The number of Topliss-reactive ketones (excluding diaryl/α,β-unsaturated/α-hetero) is 1. The molecule has 1 atom stereocenters. The number of rotatable bonds is 6. The average Bonchev–Trinajstić information content (AvgIpc) is 2.99. The summed E-state index contributed by atoms with van der Waals surface area (Å²) in [7, 11) is 0. The minimum Gasteiger partial charge on any atom is -0.391 e. The van der Waals surface area contributed by atoms with Gasteiger partial charge in [-0.25, -0.2) is 13.5 Å². The van der Waals surface area contributed by atoms with Crippen LogP contribution in [-0.4, -0.2) is 36.7 Å². The van der Waals surface area contributed by atoms with Gasteiger partial charge < -0.3 is 10.4 Å². The summed E-state index contributed by atoms with van der Waals surface area (Å²) in [5.41, 5.74) is 1.19. The predicted octanol–water partition coefficient (Wildman–Crippen LogP) is 2.95. The first-order valence-corrected chi connectivity index (χ1v) is 8.16. The molecule has 0 radical (unpaired) electrons. The molecule has 2 aromatic heterocycles. The second-order valence-corrected chi connectivity index (χ2v) is 6.03. The quantitative estimate of drug-likeness (QED) is 0.646. The Hall–Kier alpha value is -3.20. The van der Waals surface area contributed by atoms with Crippen LogP contribution in [0.15, 0.2) is 36.5 Å². The summed E-state index contributed by atoms with van der Waals surface area (Å²) in [5, 5.41) is 16.8. The fourth-order valence-electron chi connectivity index (χ4n) is 2.42. The monoisotopic (exact) mass is 373 g/mol. The van der Waals surface area contributed by atoms with Crippen molar-refractivity contribution in [1.82, 2.24) is 19.7 Å². The number of hydrogen-bond donors (Lipinski definition) is 2. The van der Waals surface area contributed by atoms with Crippen LogP contribution in [0.3, 0.4) is 0 Å². The van der Waals surface area contributed by atoms with E-state index >= 15 is 0 Å². The molecule has 2 N–H and O–H groups in total. The number of ketones is 1. The van der Waals surface area contributed by atoms with Gasteiger partial charge in [0.2, 0.25) is 5.95 Å². The van der Waals surface area contributed by atoms with Gasteiger partial charge in [-0.3, -0.25) is 9.78 Å². The van der Waals surface area contributed by atoms with Gasteiger partial charge in [0.05, 0.1) is 12.6 Å². The van der Waals surface area contributed by atoms with Crippen molar-refractivity contribution < 1.29 is 18.7 Å². The van der Waals surface area contributed by atoms with Crippen molar-refractivity contribution in [3.05, 3.63) is 53.9 Å². The van der Waals surface area contributed by atoms with Crippen LogP contribution >= 0.6 is 0 Å². The number of carbonyl (C=O) groups excluding carboxylic acids is 1. The molecule has 2 heterocycles. The van der Waals surface area contributed by atoms with Gasteiger partial charge in [0.15, 0.2) is 23.2 Å². The number of benzene rings is 1. The molecule has 27 heavy (non-hydrogen) atoms. The molecular weight excluding hydrogens is 356 g/mol. The van der Waals surface area contributed by atoms with Crippen molar-refractivity contribution in [2.45, 2.75) is 26.5 Å². The lowest BCUT2D eigenvalue weighted by atomic mass is 10.2. The lowest BCUT2D eigenvalue weighted by Gasteiger charge is -2.07. The number of pyridine rings is 1. The van der Waals surface area contributed by atoms with Gasteiger partial charge in [-0.05, 0) is 31.2 Å². The van der Waals surface area contributed by atoms with Crippen LogP contribution in [-0.2, 0) is 6.54 Å². The van der Waals surface area contributed by atoms with Crippen LogP contribution in [0.2, 0.25) is 0 Å². The Morgan fingerprint density at radius 1 is 1.26 bits per heavy atom. The van der Waals surface area contributed by atoms with E-state index in [9.17, 15) is 18.7 Å². The first-order chi connectivity index (χ1) is 12.8. The van der Waals surface area contributed by atoms with Crippen molar-refractivity contribution in [2.24, 2.45) is 0 Å². The smallest absolute Gasteiger partial charge is 0.247 e. The molecule has 7 nitrogen and oxygen atoms in total. The molecule has 0 amide bonds. The van der Waals surface area contributed by atoms with E-state index in [1.54, 1.807) is 19.1 Å². The van der Waals surface area contributed by atoms with Gasteiger partial charge in [-0.1, -0.05) is 0 Å². The summed E-state index contributed by atoms with van der Waals surface area (Å²) in [6, 6.07) is 6.59. The van der Waals surface area contributed by atoms with Crippen molar-refractivity contribution in [3.8, 4) is 11.4 Å². The van der Waals surface area contributed by atoms with E-state index in [0.717, 1.165) is 12.1 Å². The summed E-state index contributed by atoms with van der Waals surface area (Å²) in [5.74, 6) is -1.55. The standard InChI is InChI=1S/C18H17F2N5O2/c1-10(26)9-25-17(12-3-6-16(11(2)27)21-8-12)23-18(24-25)22-13-4-5-14(19)15(20)7-13/h3-8,10,26H,9H2,1-2H3,(H,22,24)/t10-/m0/s1. The molecule has 0 fully saturated rings. The highest BCUT2D eigenvalue weighted by Gasteiger charge is 2.15. The average molecular weight is 373 g/mol. The van der Waals surface area contributed by atoms with Crippen LogP contribution in [0, 0.1) is 11.6 Å². The number of aliphatic hydroxyl groups is 1. The number of nitrogens with zero attached hydrogens (tertiary/aromatic N) is 4. The fourth-order valence-corrected chi connectivity index (χ4v) is 2.42. The second-order valence-electron chi connectivity index (χ2n) is 6.03. The van der Waals surface area contributed by atoms with E-state index in [4.69, 9.17) is 0 Å². The molecule has 0 aliphatic rings. The number of nitrogens with one attached hydrogen (secondary N) is 1. The first kappa shape index (κ1) is 18.6. The number of aromatic nitrogens is 4. The molecule has 0 unspecified atom stereocenters. The topological polar surface area (TPSA) is 92.9 Å². The number of anilines is 2. The van der Waals surface area contributed by atoms with Gasteiger partial charge in [0.25, 0.3) is 0 Å². The Kier molecular flexibility index (Phi) is 5.22. The maximum Gasteiger partial charge on any atom is 0.247 e. The summed E-state index contributed by atoms with van der Waals surface area (Å²) >= 11 is 0. The Balaban J connectivity index is 1.94. The van der Waals surface area contributed by atoms with Crippen LogP contribution < -0.4 is 5.32 Å². The lowest BCUT2D eigenvalue weighted by Crippen LogP contribution is -2.14. The maximum atomic E-state index is 13.4. The summed E-state index contributed by atoms with van der Waals surface area (Å²) in [6.45, 7) is 3.18. The Morgan fingerprint density at radius 3 is 2.63 bits per heavy atom. The molecule has 3 aromatic rings. The SMILES string of the molecule is CC(=O)c1ccc(-c2nc(Nc3ccc(F)c(F)c3)nn2C[C@H](C)O)cn1. The molecule has 0 aliphatic carbocycles. The molecule has 0 bridgehead atoms. The first-order valence-electron chi connectivity index (χ1n) is 8.16. The van der Waals surface area contributed by atoms with Crippen molar-refractivity contribution in [2.75, 3.05) is 5.32 Å². The van der Waals surface area contributed by atoms with Crippen molar-refractivity contribution in [3.63, 3.8) is 0 Å². The lowest BCUT2D eigenvalue weighted by molar-refractivity contribution is 0.101. The predicted molar refractivity (Wildman–Crippen MR) is 94.6 cm³/mol. The van der Waals surface area contributed by atoms with Crippen molar-refractivity contribution in [1.29, 1.82) is 0 Å². The van der Waals surface area contributed by atoms with Gasteiger partial charge in [0, 0.05) is 30.4 Å². The minimum absolute atomic E-state index is 0.146. The number of hydrogen-bond acceptors (Lipinski definition) is 6. The summed E-state index contributed by atoms with van der Waals surface area (Å²) in [6.07, 6.45) is 0.798. The molecule has 1 aromatic carbocycles. The minimum atomic E-state index is -0.993. The van der Waals surface area contributed by atoms with Gasteiger partial charge in [-0.15, -0.1) is 5.10 Å². The molecule has 140 valence electrons. The Morgan fingerprint density at radius 2 is 2.04 bits per heavy atom. The Bertz CT molecular complexity index is 970. The highest BCUT2D eigenvalue weighted by molar-refractivity contribution is 5.92. The molecule has 3 rings (SSSR count). The zero-order valence-electron chi connectivity index (χ0n) is 14.6. The van der Waals surface area contributed by atoms with E-state index in [0.29, 0.717) is 17.1 Å². The van der Waals surface area contributed by atoms with Crippen LogP contribution in [0.4, 0.5) is 20.4 Å². The van der Waals surface area contributed by atoms with Crippen LogP contribution in [0.1, 0.15) is 24.3 Å². The molecule has 0 saturated heterocycles. The Labute approximate surface area is 153 Å².